The SMILES string of the molecule is Cc1ccc(F)cc1CC(=O)NC1COCC1CS(=O)(=O)N(C)C. The van der Waals surface area contributed by atoms with Crippen molar-refractivity contribution in [1.29, 1.82) is 0 Å². The van der Waals surface area contributed by atoms with Crippen LogP contribution in [0.15, 0.2) is 18.2 Å². The zero-order valence-electron chi connectivity index (χ0n) is 14.1. The lowest BCUT2D eigenvalue weighted by Gasteiger charge is -2.21. The highest BCUT2D eigenvalue weighted by Crippen LogP contribution is 2.18. The van der Waals surface area contributed by atoms with Gasteiger partial charge in [0.2, 0.25) is 15.9 Å². The molecule has 0 saturated carbocycles. The lowest BCUT2D eigenvalue weighted by Crippen LogP contribution is -2.44. The van der Waals surface area contributed by atoms with Crippen molar-refractivity contribution in [3.8, 4) is 0 Å². The lowest BCUT2D eigenvalue weighted by molar-refractivity contribution is -0.121. The molecule has 2 unspecified atom stereocenters. The Hall–Kier alpha value is -1.51. The molecule has 6 nitrogen and oxygen atoms in total. The highest BCUT2D eigenvalue weighted by atomic mass is 32.2. The van der Waals surface area contributed by atoms with E-state index in [-0.39, 0.29) is 49.1 Å². The molecule has 0 bridgehead atoms. The van der Waals surface area contributed by atoms with E-state index in [1.54, 1.807) is 6.07 Å². The average Bonchev–Trinajstić information content (AvgIpc) is 2.89. The number of rotatable bonds is 6. The molecule has 1 heterocycles. The second-order valence-electron chi connectivity index (χ2n) is 6.28. The van der Waals surface area contributed by atoms with Crippen LogP contribution in [0.3, 0.4) is 0 Å². The van der Waals surface area contributed by atoms with Crippen molar-refractivity contribution < 1.29 is 22.3 Å². The molecule has 24 heavy (non-hydrogen) atoms. The van der Waals surface area contributed by atoms with Crippen LogP contribution in [0.25, 0.3) is 0 Å². The Morgan fingerprint density at radius 1 is 1.38 bits per heavy atom. The summed E-state index contributed by atoms with van der Waals surface area (Å²) in [5.41, 5.74) is 1.45. The second-order valence-corrected chi connectivity index (χ2v) is 8.51. The van der Waals surface area contributed by atoms with Gasteiger partial charge in [-0.25, -0.2) is 17.1 Å². The Kier molecular flexibility index (Phi) is 5.95. The van der Waals surface area contributed by atoms with Crippen LogP contribution >= 0.6 is 0 Å². The smallest absolute Gasteiger partial charge is 0.224 e. The molecule has 0 aliphatic carbocycles. The predicted octanol–water partition coefficient (Wildman–Crippen LogP) is 0.699. The molecular formula is C16H23FN2O4S. The van der Waals surface area contributed by atoms with Crippen LogP contribution in [-0.4, -0.2) is 57.7 Å². The van der Waals surface area contributed by atoms with Crippen LogP contribution in [0.2, 0.25) is 0 Å². The Balaban J connectivity index is 1.99. The van der Waals surface area contributed by atoms with Gasteiger partial charge in [-0.1, -0.05) is 6.07 Å². The number of aryl methyl sites for hydroxylation is 1. The summed E-state index contributed by atoms with van der Waals surface area (Å²) >= 11 is 0. The molecule has 134 valence electrons. The van der Waals surface area contributed by atoms with Crippen molar-refractivity contribution in [2.24, 2.45) is 5.92 Å². The highest BCUT2D eigenvalue weighted by Gasteiger charge is 2.34. The maximum absolute atomic E-state index is 13.3. The van der Waals surface area contributed by atoms with Crippen molar-refractivity contribution in [3.05, 3.63) is 35.1 Å². The van der Waals surface area contributed by atoms with Gasteiger partial charge in [0.25, 0.3) is 0 Å². The third-order valence-electron chi connectivity index (χ3n) is 4.19. The predicted molar refractivity (Wildman–Crippen MR) is 88.6 cm³/mol. The number of benzene rings is 1. The fourth-order valence-corrected chi connectivity index (χ4v) is 3.77. The number of hydrogen-bond acceptors (Lipinski definition) is 4. The number of ether oxygens (including phenoxy) is 1. The first-order chi connectivity index (χ1) is 11.2. The van der Waals surface area contributed by atoms with Crippen molar-refractivity contribution >= 4 is 15.9 Å². The molecule has 1 N–H and O–H groups in total. The molecule has 1 aliphatic heterocycles. The number of nitrogens with one attached hydrogen (secondary N) is 1. The van der Waals surface area contributed by atoms with E-state index in [2.05, 4.69) is 5.32 Å². The van der Waals surface area contributed by atoms with Gasteiger partial charge in [-0.15, -0.1) is 0 Å². The summed E-state index contributed by atoms with van der Waals surface area (Å²) in [5.74, 6) is -1.03. The van der Waals surface area contributed by atoms with Crippen molar-refractivity contribution in [2.45, 2.75) is 19.4 Å². The van der Waals surface area contributed by atoms with Gasteiger partial charge in [-0.05, 0) is 30.2 Å². The molecule has 1 saturated heterocycles. The van der Waals surface area contributed by atoms with Gasteiger partial charge in [-0.3, -0.25) is 4.79 Å². The van der Waals surface area contributed by atoms with Gasteiger partial charge in [0.1, 0.15) is 5.82 Å². The average molecular weight is 358 g/mol. The van der Waals surface area contributed by atoms with E-state index in [4.69, 9.17) is 4.74 Å². The molecule has 2 rings (SSSR count). The maximum Gasteiger partial charge on any atom is 0.224 e. The summed E-state index contributed by atoms with van der Waals surface area (Å²) in [6.07, 6.45) is 0.0489. The standard InChI is InChI=1S/C16H23FN2O4S/c1-11-4-5-14(17)6-12(11)7-16(20)18-15-9-23-8-13(15)10-24(21,22)19(2)3/h4-6,13,15H,7-10H2,1-3H3,(H,18,20). The molecule has 1 aromatic carbocycles. The number of carbonyl (C=O) groups is 1. The largest absolute Gasteiger partial charge is 0.379 e. The zero-order chi connectivity index (χ0) is 17.9. The monoisotopic (exact) mass is 358 g/mol. The molecule has 0 aromatic heterocycles. The lowest BCUT2D eigenvalue weighted by atomic mass is 10.0. The minimum absolute atomic E-state index is 0.0489. The number of halogens is 1. The summed E-state index contributed by atoms with van der Waals surface area (Å²) in [6.45, 7) is 2.38. The van der Waals surface area contributed by atoms with Gasteiger partial charge in [-0.2, -0.15) is 0 Å². The maximum atomic E-state index is 13.3. The quantitative estimate of drug-likeness (QED) is 0.812. The molecule has 8 heteroatoms. The Morgan fingerprint density at radius 2 is 2.08 bits per heavy atom. The van der Waals surface area contributed by atoms with E-state index < -0.39 is 10.0 Å². The minimum Gasteiger partial charge on any atom is -0.379 e. The van der Waals surface area contributed by atoms with Gasteiger partial charge in [0.15, 0.2) is 0 Å². The highest BCUT2D eigenvalue weighted by molar-refractivity contribution is 7.89. The number of nitrogens with zero attached hydrogens (tertiary/aromatic N) is 1. The summed E-state index contributed by atoms with van der Waals surface area (Å²) in [7, 11) is -0.414. The van der Waals surface area contributed by atoms with Gasteiger partial charge in [0, 0.05) is 20.0 Å². The molecule has 0 radical (unpaired) electrons. The fourth-order valence-electron chi connectivity index (χ4n) is 2.60. The summed E-state index contributed by atoms with van der Waals surface area (Å²) < 4.78 is 43.8. The molecule has 1 aliphatic rings. The molecule has 2 atom stereocenters. The van der Waals surface area contributed by atoms with Crippen molar-refractivity contribution in [1.82, 2.24) is 9.62 Å². The van der Waals surface area contributed by atoms with Crippen LogP contribution in [0, 0.1) is 18.7 Å². The van der Waals surface area contributed by atoms with E-state index in [1.807, 2.05) is 6.92 Å². The van der Waals surface area contributed by atoms with Crippen LogP contribution in [0.5, 0.6) is 0 Å². The molecular weight excluding hydrogens is 335 g/mol. The van der Waals surface area contributed by atoms with E-state index >= 15 is 0 Å². The summed E-state index contributed by atoms with van der Waals surface area (Å²) in [5, 5.41) is 2.82. The Labute approximate surface area is 142 Å². The fraction of sp³-hybridized carbons (Fsp3) is 0.562. The number of amides is 1. The number of sulfonamides is 1. The molecule has 0 spiro atoms. The van der Waals surface area contributed by atoms with Gasteiger partial charge < -0.3 is 10.1 Å². The van der Waals surface area contributed by atoms with Crippen LogP contribution in [0.4, 0.5) is 4.39 Å². The normalized spacial score (nSPS) is 21.2. The Morgan fingerprint density at radius 3 is 2.75 bits per heavy atom. The van der Waals surface area contributed by atoms with Gasteiger partial charge >= 0.3 is 0 Å². The number of hydrogen-bond donors (Lipinski definition) is 1. The number of carbonyl (C=O) groups excluding carboxylic acids is 1. The van der Waals surface area contributed by atoms with E-state index in [1.165, 1.54) is 30.5 Å². The first kappa shape index (κ1) is 18.8. The third kappa shape index (κ3) is 4.75. The van der Waals surface area contributed by atoms with Crippen LogP contribution in [0.1, 0.15) is 11.1 Å². The Bertz CT molecular complexity index is 706. The minimum atomic E-state index is -3.37. The van der Waals surface area contributed by atoms with Crippen molar-refractivity contribution in [3.63, 3.8) is 0 Å². The summed E-state index contributed by atoms with van der Waals surface area (Å²) in [6, 6.07) is 3.96. The second kappa shape index (κ2) is 7.58. The molecule has 1 fully saturated rings. The first-order valence-corrected chi connectivity index (χ1v) is 9.32. The van der Waals surface area contributed by atoms with Crippen molar-refractivity contribution in [2.75, 3.05) is 33.1 Å². The van der Waals surface area contributed by atoms with Gasteiger partial charge in [0.05, 0.1) is 31.4 Å². The zero-order valence-corrected chi connectivity index (χ0v) is 14.9. The molecule has 1 amide bonds. The summed E-state index contributed by atoms with van der Waals surface area (Å²) in [4.78, 5) is 12.2. The topological polar surface area (TPSA) is 75.7 Å². The first-order valence-electron chi connectivity index (χ1n) is 7.71. The molecule has 1 aromatic rings. The van der Waals surface area contributed by atoms with E-state index in [0.29, 0.717) is 5.56 Å². The van der Waals surface area contributed by atoms with E-state index in [9.17, 15) is 17.6 Å². The van der Waals surface area contributed by atoms with Crippen LogP contribution < -0.4 is 5.32 Å². The third-order valence-corrected chi connectivity index (χ3v) is 6.15. The van der Waals surface area contributed by atoms with E-state index in [0.717, 1.165) is 5.56 Å². The van der Waals surface area contributed by atoms with Crippen LogP contribution in [-0.2, 0) is 26.0 Å².